The highest BCUT2D eigenvalue weighted by atomic mass is 16.7. The number of hydrogen-bond donors (Lipinski definition) is 0. The van der Waals surface area contributed by atoms with Crippen molar-refractivity contribution in [1.29, 1.82) is 0 Å². The lowest BCUT2D eigenvalue weighted by atomic mass is 9.78. The Kier molecular flexibility index (Phi) is 5.97. The summed E-state index contributed by atoms with van der Waals surface area (Å²) in [6.45, 7) is 16.5. The minimum Gasteiger partial charge on any atom is -0.489 e. The third-order valence-electron chi connectivity index (χ3n) is 4.94. The number of aryl methyl sites for hydroxylation is 1. The molecule has 1 heterocycles. The summed E-state index contributed by atoms with van der Waals surface area (Å²) < 4.78 is 18.2. The second kappa shape index (κ2) is 7.63. The van der Waals surface area contributed by atoms with Crippen molar-refractivity contribution in [2.75, 3.05) is 6.61 Å². The molecule has 1 aliphatic rings. The van der Waals surface area contributed by atoms with Gasteiger partial charge in [-0.1, -0.05) is 43.0 Å². The molecule has 0 atom stereocenters. The molecule has 1 fully saturated rings. The van der Waals surface area contributed by atoms with Gasteiger partial charge >= 0.3 is 7.12 Å². The van der Waals surface area contributed by atoms with Crippen LogP contribution < -0.4 is 10.2 Å². The fourth-order valence-electron chi connectivity index (χ4n) is 2.54. The quantitative estimate of drug-likeness (QED) is 0.569. The summed E-state index contributed by atoms with van der Waals surface area (Å²) in [6.07, 6.45) is 7.70. The van der Waals surface area contributed by atoms with Crippen molar-refractivity contribution in [3.63, 3.8) is 0 Å². The van der Waals surface area contributed by atoms with Gasteiger partial charge in [-0.05, 0) is 64.2 Å². The van der Waals surface area contributed by atoms with Crippen molar-refractivity contribution >= 4 is 12.6 Å². The van der Waals surface area contributed by atoms with Crippen molar-refractivity contribution in [3.8, 4) is 5.75 Å². The fraction of sp³-hybridized carbons (Fsp3) is 0.429. The lowest BCUT2D eigenvalue weighted by Crippen LogP contribution is -2.41. The van der Waals surface area contributed by atoms with E-state index in [0.717, 1.165) is 22.3 Å². The van der Waals surface area contributed by atoms with Gasteiger partial charge in [0.25, 0.3) is 0 Å². The molecule has 1 aliphatic heterocycles. The van der Waals surface area contributed by atoms with Crippen LogP contribution in [0.1, 0.15) is 40.2 Å². The Morgan fingerprint density at radius 1 is 1.20 bits per heavy atom. The van der Waals surface area contributed by atoms with E-state index in [1.165, 1.54) is 0 Å². The highest BCUT2D eigenvalue weighted by Crippen LogP contribution is 2.36. The lowest BCUT2D eigenvalue weighted by Gasteiger charge is -2.32. The van der Waals surface area contributed by atoms with Gasteiger partial charge in [-0.15, -0.1) is 0 Å². The molecule has 25 heavy (non-hydrogen) atoms. The summed E-state index contributed by atoms with van der Waals surface area (Å²) in [7, 11) is -0.348. The number of ether oxygens (including phenoxy) is 1. The van der Waals surface area contributed by atoms with Gasteiger partial charge in [0.15, 0.2) is 0 Å². The zero-order chi connectivity index (χ0) is 18.7. The Morgan fingerprint density at radius 2 is 1.84 bits per heavy atom. The molecule has 0 radical (unpaired) electrons. The van der Waals surface area contributed by atoms with Crippen LogP contribution in [0.3, 0.4) is 0 Å². The van der Waals surface area contributed by atoms with Gasteiger partial charge in [0.05, 0.1) is 11.2 Å². The smallest absolute Gasteiger partial charge is 0.489 e. The molecular formula is C21H29BO3. The minimum absolute atomic E-state index is 0.334. The SMILES string of the molecule is C=C/C=C\C(=C/C)COc1ccc(B2OC(C)(C)C(C)(C)O2)cc1C. The molecule has 134 valence electrons. The van der Waals surface area contributed by atoms with Crippen LogP contribution in [0, 0.1) is 6.92 Å². The summed E-state index contributed by atoms with van der Waals surface area (Å²) in [6, 6.07) is 6.08. The minimum atomic E-state index is -0.348. The van der Waals surface area contributed by atoms with Crippen LogP contribution in [0.15, 0.2) is 54.7 Å². The Hall–Kier alpha value is -1.78. The first-order chi connectivity index (χ1) is 11.7. The maximum atomic E-state index is 6.11. The molecule has 0 spiro atoms. The molecular weight excluding hydrogens is 311 g/mol. The van der Waals surface area contributed by atoms with Gasteiger partial charge in [0, 0.05) is 0 Å². The van der Waals surface area contributed by atoms with Gasteiger partial charge in [0.1, 0.15) is 12.4 Å². The van der Waals surface area contributed by atoms with Crippen molar-refractivity contribution in [2.45, 2.75) is 52.7 Å². The molecule has 2 rings (SSSR count). The molecule has 0 saturated carbocycles. The third-order valence-corrected chi connectivity index (χ3v) is 4.94. The molecule has 0 bridgehead atoms. The lowest BCUT2D eigenvalue weighted by molar-refractivity contribution is 0.00578. The Labute approximate surface area is 152 Å². The predicted molar refractivity (Wildman–Crippen MR) is 105 cm³/mol. The molecule has 1 aromatic rings. The molecule has 4 heteroatoms. The normalized spacial score (nSPS) is 19.4. The summed E-state index contributed by atoms with van der Waals surface area (Å²) >= 11 is 0. The highest BCUT2D eigenvalue weighted by molar-refractivity contribution is 6.62. The molecule has 0 aliphatic carbocycles. The molecule has 1 saturated heterocycles. The van der Waals surface area contributed by atoms with Crippen LogP contribution in [0.5, 0.6) is 5.75 Å². The predicted octanol–water partition coefficient (Wildman–Crippen LogP) is 4.36. The third kappa shape index (κ3) is 4.44. The molecule has 1 aromatic carbocycles. The number of allylic oxidation sites excluding steroid dienone is 3. The van der Waals surface area contributed by atoms with Crippen LogP contribution >= 0.6 is 0 Å². The van der Waals surface area contributed by atoms with E-state index in [0.29, 0.717) is 6.61 Å². The van der Waals surface area contributed by atoms with Crippen molar-refractivity contribution in [3.05, 3.63) is 60.2 Å². The van der Waals surface area contributed by atoms with E-state index in [2.05, 4.69) is 40.3 Å². The number of rotatable bonds is 6. The first-order valence-electron chi connectivity index (χ1n) is 8.73. The van der Waals surface area contributed by atoms with E-state index in [1.54, 1.807) is 6.08 Å². The van der Waals surface area contributed by atoms with Crippen LogP contribution in [0.2, 0.25) is 0 Å². The average Bonchev–Trinajstić information content (AvgIpc) is 2.76. The zero-order valence-electron chi connectivity index (χ0n) is 16.3. The van der Waals surface area contributed by atoms with Crippen LogP contribution in [-0.2, 0) is 9.31 Å². The van der Waals surface area contributed by atoms with E-state index in [1.807, 2.05) is 44.2 Å². The second-order valence-corrected chi connectivity index (χ2v) is 7.36. The van der Waals surface area contributed by atoms with Gasteiger partial charge in [-0.3, -0.25) is 0 Å². The number of benzene rings is 1. The standard InChI is InChI=1S/C21H29BO3/c1-8-10-11-17(9-2)15-23-19-13-12-18(14-16(19)3)22-24-20(4,5)21(6,7)25-22/h8-14H,1,15H2,2-7H3/b11-10-,17-9+. The van der Waals surface area contributed by atoms with E-state index in [-0.39, 0.29) is 18.3 Å². The monoisotopic (exact) mass is 340 g/mol. The Balaban J connectivity index is 2.09. The fourth-order valence-corrected chi connectivity index (χ4v) is 2.54. The van der Waals surface area contributed by atoms with E-state index >= 15 is 0 Å². The maximum absolute atomic E-state index is 6.11. The van der Waals surface area contributed by atoms with Crippen molar-refractivity contribution in [1.82, 2.24) is 0 Å². The second-order valence-electron chi connectivity index (χ2n) is 7.36. The zero-order valence-corrected chi connectivity index (χ0v) is 16.3. The van der Waals surface area contributed by atoms with Crippen LogP contribution in [0.25, 0.3) is 0 Å². The summed E-state index contributed by atoms with van der Waals surface area (Å²) in [5.41, 5.74) is 2.52. The van der Waals surface area contributed by atoms with Crippen molar-refractivity contribution in [2.24, 2.45) is 0 Å². The van der Waals surface area contributed by atoms with Gasteiger partial charge in [-0.2, -0.15) is 0 Å². The first-order valence-corrected chi connectivity index (χ1v) is 8.73. The molecule has 0 unspecified atom stereocenters. The molecule has 0 amide bonds. The van der Waals surface area contributed by atoms with E-state index < -0.39 is 0 Å². The molecule has 3 nitrogen and oxygen atoms in total. The maximum Gasteiger partial charge on any atom is 0.494 e. The van der Waals surface area contributed by atoms with Crippen LogP contribution in [0.4, 0.5) is 0 Å². The van der Waals surface area contributed by atoms with E-state index in [4.69, 9.17) is 14.0 Å². The topological polar surface area (TPSA) is 27.7 Å². The Bertz CT molecular complexity index is 670. The average molecular weight is 340 g/mol. The van der Waals surface area contributed by atoms with Crippen LogP contribution in [-0.4, -0.2) is 24.9 Å². The first kappa shape index (κ1) is 19.5. The summed E-state index contributed by atoms with van der Waals surface area (Å²) in [5, 5.41) is 0. The molecule has 0 aromatic heterocycles. The molecule has 0 N–H and O–H groups in total. The number of hydrogen-bond acceptors (Lipinski definition) is 3. The van der Waals surface area contributed by atoms with E-state index in [9.17, 15) is 0 Å². The largest absolute Gasteiger partial charge is 0.494 e. The Morgan fingerprint density at radius 3 is 2.36 bits per heavy atom. The van der Waals surface area contributed by atoms with Gasteiger partial charge < -0.3 is 14.0 Å². The van der Waals surface area contributed by atoms with Crippen molar-refractivity contribution < 1.29 is 14.0 Å². The van der Waals surface area contributed by atoms with Gasteiger partial charge in [0.2, 0.25) is 0 Å². The highest BCUT2D eigenvalue weighted by Gasteiger charge is 2.51. The van der Waals surface area contributed by atoms with Gasteiger partial charge in [-0.25, -0.2) is 0 Å². The summed E-state index contributed by atoms with van der Waals surface area (Å²) in [5.74, 6) is 0.867. The summed E-state index contributed by atoms with van der Waals surface area (Å²) in [4.78, 5) is 0.